The molecule has 1 aliphatic rings. The fraction of sp³-hybridized carbons (Fsp3) is 0.286. The number of carbonyl (C=O) groups is 1. The number of aromatic nitrogens is 3. The molecule has 0 bridgehead atoms. The van der Waals surface area contributed by atoms with Gasteiger partial charge < -0.3 is 15.5 Å². The highest BCUT2D eigenvalue weighted by Gasteiger charge is 2.38. The average molecular weight is 428 g/mol. The van der Waals surface area contributed by atoms with Crippen LogP contribution in [0, 0.1) is 5.82 Å². The van der Waals surface area contributed by atoms with Crippen LogP contribution >= 0.6 is 11.8 Å². The van der Waals surface area contributed by atoms with Crippen molar-refractivity contribution in [2.45, 2.75) is 36.2 Å². The average Bonchev–Trinajstić information content (AvgIpc) is 3.16. The molecule has 1 aliphatic heterocycles. The summed E-state index contributed by atoms with van der Waals surface area (Å²) in [6.45, 7) is 2.07. The van der Waals surface area contributed by atoms with Crippen LogP contribution in [0.3, 0.4) is 0 Å². The van der Waals surface area contributed by atoms with E-state index < -0.39 is 11.1 Å². The Kier molecular flexibility index (Phi) is 5.89. The number of fused-ring (bicyclic) bond motifs is 1. The van der Waals surface area contributed by atoms with Crippen LogP contribution in [0.2, 0.25) is 0 Å². The van der Waals surface area contributed by atoms with Crippen molar-refractivity contribution in [1.29, 1.82) is 0 Å². The second-order valence-corrected chi connectivity index (χ2v) is 7.98. The summed E-state index contributed by atoms with van der Waals surface area (Å²) in [6, 6.07) is 13.3. The highest BCUT2D eigenvalue weighted by molar-refractivity contribution is 8.00. The van der Waals surface area contributed by atoms with Crippen LogP contribution in [0.25, 0.3) is 0 Å². The summed E-state index contributed by atoms with van der Waals surface area (Å²) >= 11 is 1.31. The first-order chi connectivity index (χ1) is 14.6. The van der Waals surface area contributed by atoms with Gasteiger partial charge in [0.1, 0.15) is 16.8 Å². The molecule has 2 aromatic carbocycles. The molecule has 1 aromatic heterocycles. The van der Waals surface area contributed by atoms with Gasteiger partial charge in [-0.15, -0.1) is 10.2 Å². The van der Waals surface area contributed by atoms with Crippen molar-refractivity contribution in [2.75, 3.05) is 17.9 Å². The Labute approximate surface area is 178 Å². The van der Waals surface area contributed by atoms with Crippen LogP contribution in [0.15, 0.2) is 53.7 Å². The lowest BCUT2D eigenvalue weighted by Crippen LogP contribution is -2.41. The molecule has 2 atom stereocenters. The van der Waals surface area contributed by atoms with Crippen molar-refractivity contribution in [3.05, 3.63) is 65.7 Å². The molecule has 0 aliphatic carbocycles. The molecule has 0 fully saturated rings. The summed E-state index contributed by atoms with van der Waals surface area (Å²) in [4.78, 5) is 13.1. The summed E-state index contributed by atoms with van der Waals surface area (Å²) in [5.74, 6) is 0.747. The third-order valence-electron chi connectivity index (χ3n) is 4.84. The minimum absolute atomic E-state index is 0.148. The molecule has 7 nitrogen and oxygen atoms in total. The highest BCUT2D eigenvalue weighted by atomic mass is 32.2. The van der Waals surface area contributed by atoms with E-state index in [1.54, 1.807) is 25.3 Å². The topological polar surface area (TPSA) is 81.1 Å². The molecule has 0 radical (unpaired) electrons. The van der Waals surface area contributed by atoms with Crippen molar-refractivity contribution >= 4 is 23.4 Å². The van der Waals surface area contributed by atoms with Crippen molar-refractivity contribution in [3.63, 3.8) is 0 Å². The minimum Gasteiger partial charge on any atom is -0.497 e. The summed E-state index contributed by atoms with van der Waals surface area (Å²) in [7, 11) is 1.61. The number of methoxy groups -OCH3 is 1. The van der Waals surface area contributed by atoms with Crippen LogP contribution < -0.4 is 15.5 Å². The molecular weight excluding hydrogens is 405 g/mol. The number of hydrogen-bond acceptors (Lipinski definition) is 6. The fourth-order valence-corrected chi connectivity index (χ4v) is 4.41. The number of amides is 1. The van der Waals surface area contributed by atoms with Gasteiger partial charge in [0, 0.05) is 6.42 Å². The highest BCUT2D eigenvalue weighted by Crippen LogP contribution is 2.38. The first kappa shape index (κ1) is 20.2. The maximum Gasteiger partial charge on any atom is 0.240 e. The molecule has 0 spiro atoms. The monoisotopic (exact) mass is 427 g/mol. The van der Waals surface area contributed by atoms with E-state index in [-0.39, 0.29) is 17.6 Å². The normalized spacial score (nSPS) is 17.7. The zero-order valence-corrected chi connectivity index (χ0v) is 17.4. The van der Waals surface area contributed by atoms with Gasteiger partial charge in [0.15, 0.2) is 5.82 Å². The lowest BCUT2D eigenvalue weighted by atomic mass is 10.0. The van der Waals surface area contributed by atoms with E-state index >= 15 is 0 Å². The van der Waals surface area contributed by atoms with Crippen molar-refractivity contribution < 1.29 is 13.9 Å². The number of para-hydroxylation sites is 1. The Bertz CT molecular complexity index is 1040. The smallest absolute Gasteiger partial charge is 0.240 e. The Morgan fingerprint density at radius 2 is 2.00 bits per heavy atom. The molecular formula is C21H22FN5O2S. The number of hydrogen-bond donors (Lipinski definition) is 2. The fourth-order valence-electron chi connectivity index (χ4n) is 3.31. The quantitative estimate of drug-likeness (QED) is 0.623. The van der Waals surface area contributed by atoms with Crippen molar-refractivity contribution in [2.24, 2.45) is 0 Å². The van der Waals surface area contributed by atoms with Gasteiger partial charge in [0.05, 0.1) is 18.8 Å². The van der Waals surface area contributed by atoms with Gasteiger partial charge in [-0.2, -0.15) is 0 Å². The molecule has 4 rings (SSSR count). The lowest BCUT2D eigenvalue weighted by Gasteiger charge is -2.33. The maximum atomic E-state index is 14.1. The molecule has 1 amide bonds. The van der Waals surface area contributed by atoms with Crippen LogP contribution in [0.5, 0.6) is 5.75 Å². The number of halogens is 1. The zero-order valence-electron chi connectivity index (χ0n) is 16.6. The van der Waals surface area contributed by atoms with Crippen LogP contribution in [-0.4, -0.2) is 33.1 Å². The van der Waals surface area contributed by atoms with Crippen LogP contribution in [0.4, 0.5) is 10.1 Å². The maximum absolute atomic E-state index is 14.1. The number of nitrogens with zero attached hydrogens (tertiary/aromatic N) is 3. The van der Waals surface area contributed by atoms with Gasteiger partial charge in [-0.1, -0.05) is 43.0 Å². The number of carbonyl (C=O) groups excluding carboxylic acids is 1. The first-order valence-corrected chi connectivity index (χ1v) is 10.6. The summed E-state index contributed by atoms with van der Waals surface area (Å²) in [5, 5.41) is 11.2. The standard InChI is InChI=1S/C21H22FN5O2S/c1-3-6-17-24-25-21-27(17)26-18(13-9-11-14(29-2)12-10-13)19(30-21)20(28)23-16-8-5-4-7-15(16)22/h4-5,7-12,18-19,26H,3,6H2,1-2H3,(H,23,28)/t18-,19+/m1/s1. The Morgan fingerprint density at radius 1 is 1.23 bits per heavy atom. The molecule has 9 heteroatoms. The number of benzene rings is 2. The van der Waals surface area contributed by atoms with Gasteiger partial charge >= 0.3 is 0 Å². The molecule has 2 N–H and O–H groups in total. The summed E-state index contributed by atoms with van der Waals surface area (Å²) < 4.78 is 21.2. The second-order valence-electron chi connectivity index (χ2n) is 6.87. The van der Waals surface area contributed by atoms with Gasteiger partial charge in [0.25, 0.3) is 0 Å². The van der Waals surface area contributed by atoms with Crippen LogP contribution in [0.1, 0.15) is 30.8 Å². The third kappa shape index (κ3) is 3.97. The molecule has 30 heavy (non-hydrogen) atoms. The number of rotatable bonds is 6. The first-order valence-electron chi connectivity index (χ1n) is 9.67. The summed E-state index contributed by atoms with van der Waals surface area (Å²) in [6.07, 6.45) is 1.69. The number of ether oxygens (including phenoxy) is 1. The molecule has 0 unspecified atom stereocenters. The second kappa shape index (κ2) is 8.74. The lowest BCUT2D eigenvalue weighted by molar-refractivity contribution is -0.116. The summed E-state index contributed by atoms with van der Waals surface area (Å²) in [5.41, 5.74) is 4.44. The molecule has 3 aromatic rings. The van der Waals surface area contributed by atoms with Crippen molar-refractivity contribution in [3.8, 4) is 5.75 Å². The molecule has 156 valence electrons. The minimum atomic E-state index is -0.579. The SMILES string of the molecule is CCCc1nnc2n1N[C@H](c1ccc(OC)cc1)[C@@H](C(=O)Nc1ccccc1F)S2. The number of thioether (sulfide) groups is 1. The third-order valence-corrected chi connectivity index (χ3v) is 6.06. The predicted octanol–water partition coefficient (Wildman–Crippen LogP) is 3.78. The Morgan fingerprint density at radius 3 is 2.70 bits per heavy atom. The van der Waals surface area contributed by atoms with E-state index in [0.717, 1.165) is 30.0 Å². The van der Waals surface area contributed by atoms with E-state index in [9.17, 15) is 9.18 Å². The molecule has 0 saturated heterocycles. The van der Waals surface area contributed by atoms with E-state index in [1.807, 2.05) is 28.9 Å². The largest absolute Gasteiger partial charge is 0.497 e. The van der Waals surface area contributed by atoms with E-state index in [4.69, 9.17) is 4.74 Å². The number of aryl methyl sites for hydroxylation is 1. The molecule has 0 saturated carbocycles. The Hall–Kier alpha value is -3.07. The van der Waals surface area contributed by atoms with E-state index in [2.05, 4.69) is 27.9 Å². The van der Waals surface area contributed by atoms with Gasteiger partial charge in [-0.05, 0) is 36.2 Å². The Balaban J connectivity index is 1.67. The predicted molar refractivity (Wildman–Crippen MR) is 114 cm³/mol. The zero-order chi connectivity index (χ0) is 21.1. The van der Waals surface area contributed by atoms with Gasteiger partial charge in [-0.25, -0.2) is 9.07 Å². The van der Waals surface area contributed by atoms with E-state index in [1.165, 1.54) is 17.8 Å². The number of anilines is 1. The van der Waals surface area contributed by atoms with Gasteiger partial charge in [-0.3, -0.25) is 4.79 Å². The molecule has 2 heterocycles. The van der Waals surface area contributed by atoms with Gasteiger partial charge in [0.2, 0.25) is 11.1 Å². The van der Waals surface area contributed by atoms with Crippen molar-refractivity contribution in [1.82, 2.24) is 14.9 Å². The van der Waals surface area contributed by atoms with Crippen LogP contribution in [-0.2, 0) is 11.2 Å². The van der Waals surface area contributed by atoms with E-state index in [0.29, 0.717) is 5.16 Å². The number of nitrogens with one attached hydrogen (secondary N) is 2.